The molecule has 96 valence electrons. The van der Waals surface area contributed by atoms with Crippen LogP contribution < -0.4 is 5.73 Å². The number of amides is 1. The number of aryl methyl sites for hydroxylation is 1. The van der Waals surface area contributed by atoms with Crippen molar-refractivity contribution in [3.8, 4) is 0 Å². The van der Waals surface area contributed by atoms with Gasteiger partial charge in [0.05, 0.1) is 11.4 Å². The van der Waals surface area contributed by atoms with Crippen LogP contribution in [0.5, 0.6) is 0 Å². The number of H-pyrrole nitrogens is 1. The van der Waals surface area contributed by atoms with Gasteiger partial charge in [-0.25, -0.2) is 0 Å². The molecule has 0 fully saturated rings. The number of nitrogen functional groups attached to an aromatic ring is 1. The van der Waals surface area contributed by atoms with Gasteiger partial charge in [0.1, 0.15) is 0 Å². The van der Waals surface area contributed by atoms with Crippen molar-refractivity contribution in [3.63, 3.8) is 0 Å². The van der Waals surface area contributed by atoms with Gasteiger partial charge in [0, 0.05) is 19.7 Å². The van der Waals surface area contributed by atoms with Gasteiger partial charge in [-0.2, -0.15) is 5.10 Å². The standard InChI is InChI=1S/C11H20N4O2/c1-3-8-9(12)10(14-13-8)11(17)15(4-2)6-5-7-16/h16H,3-7,12H2,1-2H3,(H,13,14). The number of nitrogens with one attached hydrogen (secondary N) is 1. The van der Waals surface area contributed by atoms with Crippen molar-refractivity contribution in [1.29, 1.82) is 0 Å². The lowest BCUT2D eigenvalue weighted by molar-refractivity contribution is 0.0749. The normalized spacial score (nSPS) is 10.5. The minimum Gasteiger partial charge on any atom is -0.396 e. The fourth-order valence-electron chi connectivity index (χ4n) is 1.63. The summed E-state index contributed by atoms with van der Waals surface area (Å²) in [6.07, 6.45) is 1.28. The quantitative estimate of drug-likeness (QED) is 0.670. The maximum absolute atomic E-state index is 12.1. The van der Waals surface area contributed by atoms with Gasteiger partial charge in [-0.1, -0.05) is 6.92 Å². The molecule has 1 aromatic heterocycles. The molecule has 0 aliphatic rings. The first-order valence-electron chi connectivity index (χ1n) is 5.88. The fraction of sp³-hybridized carbons (Fsp3) is 0.636. The Hall–Kier alpha value is -1.56. The van der Waals surface area contributed by atoms with Gasteiger partial charge >= 0.3 is 0 Å². The third kappa shape index (κ3) is 2.97. The minimum absolute atomic E-state index is 0.0695. The van der Waals surface area contributed by atoms with E-state index in [1.807, 2.05) is 13.8 Å². The van der Waals surface area contributed by atoms with E-state index in [1.54, 1.807) is 4.90 Å². The Morgan fingerprint density at radius 3 is 2.71 bits per heavy atom. The number of anilines is 1. The van der Waals surface area contributed by atoms with Crippen LogP contribution in [0.25, 0.3) is 0 Å². The number of carbonyl (C=O) groups excluding carboxylic acids is 1. The number of nitrogens with zero attached hydrogens (tertiary/aromatic N) is 2. The Labute approximate surface area is 101 Å². The number of rotatable bonds is 6. The summed E-state index contributed by atoms with van der Waals surface area (Å²) in [5, 5.41) is 15.5. The van der Waals surface area contributed by atoms with E-state index in [0.717, 1.165) is 12.1 Å². The van der Waals surface area contributed by atoms with Crippen molar-refractivity contribution < 1.29 is 9.90 Å². The maximum Gasteiger partial charge on any atom is 0.276 e. The number of carbonyl (C=O) groups is 1. The summed E-state index contributed by atoms with van der Waals surface area (Å²) in [4.78, 5) is 13.7. The highest BCUT2D eigenvalue weighted by molar-refractivity contribution is 5.97. The van der Waals surface area contributed by atoms with E-state index in [0.29, 0.717) is 25.2 Å². The van der Waals surface area contributed by atoms with Crippen LogP contribution in [0.4, 0.5) is 5.69 Å². The Balaban J connectivity index is 2.82. The Kier molecular flexibility index (Phi) is 4.96. The largest absolute Gasteiger partial charge is 0.396 e. The third-order valence-corrected chi connectivity index (χ3v) is 2.69. The smallest absolute Gasteiger partial charge is 0.276 e. The average Bonchev–Trinajstić information content (AvgIpc) is 2.71. The van der Waals surface area contributed by atoms with E-state index >= 15 is 0 Å². The molecule has 0 spiro atoms. The van der Waals surface area contributed by atoms with E-state index in [4.69, 9.17) is 10.8 Å². The Bertz CT molecular complexity index is 376. The maximum atomic E-state index is 12.1. The molecule has 1 rings (SSSR count). The predicted octanol–water partition coefficient (Wildman–Crippen LogP) is 0.399. The first-order chi connectivity index (χ1) is 8.15. The van der Waals surface area contributed by atoms with Gasteiger partial charge < -0.3 is 15.7 Å². The highest BCUT2D eigenvalue weighted by Crippen LogP contribution is 2.16. The van der Waals surface area contributed by atoms with Crippen molar-refractivity contribution in [2.24, 2.45) is 0 Å². The summed E-state index contributed by atoms with van der Waals surface area (Å²) >= 11 is 0. The first-order valence-corrected chi connectivity index (χ1v) is 5.88. The number of hydrogen-bond acceptors (Lipinski definition) is 4. The Morgan fingerprint density at radius 2 is 2.24 bits per heavy atom. The third-order valence-electron chi connectivity index (χ3n) is 2.69. The van der Waals surface area contributed by atoms with Gasteiger partial charge in [0.25, 0.3) is 5.91 Å². The van der Waals surface area contributed by atoms with Gasteiger partial charge in [-0.3, -0.25) is 9.89 Å². The molecule has 0 aliphatic heterocycles. The van der Waals surface area contributed by atoms with E-state index in [-0.39, 0.29) is 18.2 Å². The lowest BCUT2D eigenvalue weighted by Crippen LogP contribution is -2.33. The molecule has 0 unspecified atom stereocenters. The molecule has 6 nitrogen and oxygen atoms in total. The zero-order chi connectivity index (χ0) is 12.8. The second-order valence-corrected chi connectivity index (χ2v) is 3.78. The highest BCUT2D eigenvalue weighted by Gasteiger charge is 2.21. The molecule has 6 heteroatoms. The molecular weight excluding hydrogens is 220 g/mol. The van der Waals surface area contributed by atoms with E-state index in [2.05, 4.69) is 10.2 Å². The molecular formula is C11H20N4O2. The molecule has 1 amide bonds. The van der Waals surface area contributed by atoms with Crippen molar-refractivity contribution in [3.05, 3.63) is 11.4 Å². The van der Waals surface area contributed by atoms with Crippen LogP contribution in [0.2, 0.25) is 0 Å². The number of aromatic nitrogens is 2. The highest BCUT2D eigenvalue weighted by atomic mass is 16.3. The van der Waals surface area contributed by atoms with Gasteiger partial charge in [0.2, 0.25) is 0 Å². The average molecular weight is 240 g/mol. The summed E-state index contributed by atoms with van der Waals surface area (Å²) in [5.41, 5.74) is 7.34. The lowest BCUT2D eigenvalue weighted by Gasteiger charge is -2.19. The molecule has 0 aliphatic carbocycles. The summed E-state index contributed by atoms with van der Waals surface area (Å²) in [7, 11) is 0. The molecule has 0 saturated carbocycles. The van der Waals surface area contributed by atoms with Crippen LogP contribution in [0, 0.1) is 0 Å². The van der Waals surface area contributed by atoms with Crippen LogP contribution in [0.1, 0.15) is 36.5 Å². The van der Waals surface area contributed by atoms with Crippen molar-refractivity contribution in [2.75, 3.05) is 25.4 Å². The van der Waals surface area contributed by atoms with Crippen molar-refractivity contribution in [1.82, 2.24) is 15.1 Å². The SMILES string of the molecule is CCc1[nH]nc(C(=O)N(CC)CCCO)c1N. The van der Waals surface area contributed by atoms with Crippen LogP contribution in [-0.2, 0) is 6.42 Å². The van der Waals surface area contributed by atoms with E-state index in [9.17, 15) is 4.79 Å². The number of nitrogens with two attached hydrogens (primary N) is 1. The minimum atomic E-state index is -0.186. The zero-order valence-electron chi connectivity index (χ0n) is 10.4. The molecule has 0 saturated heterocycles. The molecule has 0 radical (unpaired) electrons. The zero-order valence-corrected chi connectivity index (χ0v) is 10.4. The second-order valence-electron chi connectivity index (χ2n) is 3.78. The number of aliphatic hydroxyl groups is 1. The number of aliphatic hydroxyl groups excluding tert-OH is 1. The molecule has 1 heterocycles. The van der Waals surface area contributed by atoms with Gasteiger partial charge in [-0.05, 0) is 19.8 Å². The summed E-state index contributed by atoms with van der Waals surface area (Å²) in [5.74, 6) is -0.186. The Morgan fingerprint density at radius 1 is 1.53 bits per heavy atom. The van der Waals surface area contributed by atoms with E-state index in [1.165, 1.54) is 0 Å². The first kappa shape index (κ1) is 13.5. The summed E-state index contributed by atoms with van der Waals surface area (Å²) < 4.78 is 0. The van der Waals surface area contributed by atoms with Crippen LogP contribution in [0.15, 0.2) is 0 Å². The molecule has 0 aromatic carbocycles. The van der Waals surface area contributed by atoms with Crippen LogP contribution in [-0.4, -0.2) is 45.8 Å². The number of aromatic amines is 1. The molecule has 17 heavy (non-hydrogen) atoms. The summed E-state index contributed by atoms with van der Waals surface area (Å²) in [6, 6.07) is 0. The fourth-order valence-corrected chi connectivity index (χ4v) is 1.63. The monoisotopic (exact) mass is 240 g/mol. The van der Waals surface area contributed by atoms with Gasteiger partial charge in [0.15, 0.2) is 5.69 Å². The molecule has 0 atom stereocenters. The predicted molar refractivity (Wildman–Crippen MR) is 65.7 cm³/mol. The molecule has 1 aromatic rings. The lowest BCUT2D eigenvalue weighted by atomic mass is 10.2. The van der Waals surface area contributed by atoms with Crippen molar-refractivity contribution in [2.45, 2.75) is 26.7 Å². The molecule has 0 bridgehead atoms. The van der Waals surface area contributed by atoms with Gasteiger partial charge in [-0.15, -0.1) is 0 Å². The van der Waals surface area contributed by atoms with E-state index < -0.39 is 0 Å². The van der Waals surface area contributed by atoms with Crippen LogP contribution in [0.3, 0.4) is 0 Å². The second kappa shape index (κ2) is 6.24. The molecule has 4 N–H and O–H groups in total. The van der Waals surface area contributed by atoms with Crippen molar-refractivity contribution >= 4 is 11.6 Å². The topological polar surface area (TPSA) is 95.2 Å². The van der Waals surface area contributed by atoms with Crippen LogP contribution >= 0.6 is 0 Å². The summed E-state index contributed by atoms with van der Waals surface area (Å²) in [6.45, 7) is 4.99. The number of hydrogen-bond donors (Lipinski definition) is 3.